The molecule has 3 heterocycles. The van der Waals surface area contributed by atoms with E-state index in [2.05, 4.69) is 19.2 Å². The fourth-order valence-corrected chi connectivity index (χ4v) is 7.20. The number of halogens is 1. The highest BCUT2D eigenvalue weighted by Gasteiger charge is 2.42. The number of carbonyl (C=O) groups is 1. The van der Waals surface area contributed by atoms with E-state index in [0.717, 1.165) is 28.1 Å². The Morgan fingerprint density at radius 3 is 2.16 bits per heavy atom. The van der Waals surface area contributed by atoms with E-state index in [4.69, 9.17) is 21.7 Å². The summed E-state index contributed by atoms with van der Waals surface area (Å²) in [7, 11) is -3.72. The number of aliphatic imine (C=N–C) groups is 1. The van der Waals surface area contributed by atoms with Crippen LogP contribution < -0.4 is 10.2 Å². The normalized spacial score (nSPS) is 15.8. The van der Waals surface area contributed by atoms with Crippen LogP contribution in [0.4, 0.5) is 17.2 Å². The van der Waals surface area contributed by atoms with Gasteiger partial charge in [0.15, 0.2) is 5.82 Å². The summed E-state index contributed by atoms with van der Waals surface area (Å²) in [6.07, 6.45) is 0. The van der Waals surface area contributed by atoms with Gasteiger partial charge in [0.1, 0.15) is 0 Å². The van der Waals surface area contributed by atoms with E-state index in [1.807, 2.05) is 72.5 Å². The highest BCUT2D eigenvalue weighted by Crippen LogP contribution is 2.47. The number of benzene rings is 4. The van der Waals surface area contributed by atoms with E-state index in [9.17, 15) is 13.2 Å². The minimum atomic E-state index is -3.72. The van der Waals surface area contributed by atoms with Gasteiger partial charge >= 0.3 is 0 Å². The molecule has 0 saturated carbocycles. The molecule has 10 heteroatoms. The van der Waals surface area contributed by atoms with Gasteiger partial charge in [0, 0.05) is 10.6 Å². The van der Waals surface area contributed by atoms with Crippen molar-refractivity contribution in [3.8, 4) is 5.69 Å². The van der Waals surface area contributed by atoms with E-state index < -0.39 is 15.9 Å². The minimum Gasteiger partial charge on any atom is -0.317 e. The Balaban J connectivity index is 1.34. The van der Waals surface area contributed by atoms with Crippen molar-refractivity contribution in [2.45, 2.75) is 42.5 Å². The third-order valence-corrected chi connectivity index (χ3v) is 10.1. The van der Waals surface area contributed by atoms with Gasteiger partial charge in [-0.15, -0.1) is 0 Å². The molecule has 2 aliphatic heterocycles. The molecule has 5 aromatic rings. The standard InChI is InChI=1S/C34H28ClN5O3S/c1-20(2)22-10-16-26(17-11-22)44(42,43)27-18-14-25(15-19-27)40-32-30(21(3)38-40)31(23-8-12-24(35)13-9-23)39-29-7-5-4-6-28(29)36-34(41)33(39)37-32/h4-20,31H,1-3H3,(H,36,41)/t31-/m1/s1. The van der Waals surface area contributed by atoms with Crippen LogP contribution in [0.1, 0.15) is 48.2 Å². The lowest BCUT2D eigenvalue weighted by molar-refractivity contribution is -0.110. The first-order valence-corrected chi connectivity index (χ1v) is 16.1. The zero-order chi connectivity index (χ0) is 30.7. The van der Waals surface area contributed by atoms with Crippen LogP contribution in [0.5, 0.6) is 0 Å². The van der Waals surface area contributed by atoms with Crippen LogP contribution in [0, 0.1) is 6.92 Å². The largest absolute Gasteiger partial charge is 0.317 e. The van der Waals surface area contributed by atoms with Crippen LogP contribution in [0.2, 0.25) is 5.02 Å². The molecule has 0 aliphatic carbocycles. The molecule has 7 rings (SSSR count). The minimum absolute atomic E-state index is 0.177. The SMILES string of the molecule is Cc1nn(-c2ccc(S(=O)(=O)c3ccc(C(C)C)cc3)cc2)c2c1[C@@H](c1ccc(Cl)cc1)N1C(=N2)C(=O)Nc2ccccc21. The first-order valence-electron chi connectivity index (χ1n) is 14.2. The van der Waals surface area contributed by atoms with Crippen molar-refractivity contribution in [1.82, 2.24) is 9.78 Å². The molecule has 8 nitrogen and oxygen atoms in total. The average Bonchev–Trinajstić information content (AvgIpc) is 3.36. The molecule has 0 spiro atoms. The number of nitrogens with zero attached hydrogens (tertiary/aromatic N) is 4. The van der Waals surface area contributed by atoms with Crippen molar-refractivity contribution in [1.29, 1.82) is 0 Å². The van der Waals surface area contributed by atoms with Gasteiger partial charge in [0.2, 0.25) is 15.7 Å². The predicted molar refractivity (Wildman–Crippen MR) is 172 cm³/mol. The smallest absolute Gasteiger partial charge is 0.291 e. The first kappa shape index (κ1) is 28.1. The Bertz CT molecular complexity index is 2070. The molecule has 0 saturated heterocycles. The molecule has 1 amide bonds. The van der Waals surface area contributed by atoms with Crippen LogP contribution in [0.15, 0.2) is 112 Å². The van der Waals surface area contributed by atoms with Gasteiger partial charge in [0.05, 0.1) is 38.6 Å². The Labute approximate surface area is 260 Å². The number of aromatic nitrogens is 2. The van der Waals surface area contributed by atoms with Gasteiger partial charge in [-0.3, -0.25) is 4.79 Å². The van der Waals surface area contributed by atoms with Crippen LogP contribution in [-0.4, -0.2) is 29.9 Å². The zero-order valence-electron chi connectivity index (χ0n) is 24.2. The Hall–Kier alpha value is -4.73. The van der Waals surface area contributed by atoms with Crippen molar-refractivity contribution >= 4 is 50.4 Å². The lowest BCUT2D eigenvalue weighted by Gasteiger charge is -2.40. The number of amides is 1. The summed E-state index contributed by atoms with van der Waals surface area (Å²) in [4.78, 5) is 20.7. The lowest BCUT2D eigenvalue weighted by atomic mass is 9.93. The van der Waals surface area contributed by atoms with Gasteiger partial charge in [-0.2, -0.15) is 5.10 Å². The molecule has 44 heavy (non-hydrogen) atoms. The second kappa shape index (κ2) is 10.5. The number of fused-ring (bicyclic) bond motifs is 4. The molecule has 2 aliphatic rings. The van der Waals surface area contributed by atoms with Crippen molar-refractivity contribution in [2.75, 3.05) is 10.2 Å². The average molecular weight is 622 g/mol. The second-order valence-electron chi connectivity index (χ2n) is 11.2. The van der Waals surface area contributed by atoms with Crippen LogP contribution in [0.25, 0.3) is 5.69 Å². The molecule has 4 aromatic carbocycles. The first-order chi connectivity index (χ1) is 21.1. The number of sulfone groups is 1. The molecule has 0 bridgehead atoms. The van der Waals surface area contributed by atoms with Crippen molar-refractivity contribution in [2.24, 2.45) is 4.99 Å². The van der Waals surface area contributed by atoms with E-state index in [1.54, 1.807) is 41.1 Å². The third-order valence-electron chi connectivity index (χ3n) is 8.10. The third kappa shape index (κ3) is 4.51. The predicted octanol–water partition coefficient (Wildman–Crippen LogP) is 7.38. The summed E-state index contributed by atoms with van der Waals surface area (Å²) < 4.78 is 28.5. The summed E-state index contributed by atoms with van der Waals surface area (Å²) in [5.41, 5.74) is 5.69. The fraction of sp³-hybridized carbons (Fsp3) is 0.147. The van der Waals surface area contributed by atoms with Gasteiger partial charge in [0.25, 0.3) is 5.91 Å². The fourth-order valence-electron chi connectivity index (χ4n) is 5.82. The Kier molecular flexibility index (Phi) is 6.68. The van der Waals surface area contributed by atoms with Gasteiger partial charge in [-0.1, -0.05) is 61.8 Å². The molecule has 0 fully saturated rings. The number of carbonyl (C=O) groups excluding carboxylic acids is 1. The molecule has 220 valence electrons. The van der Waals surface area contributed by atoms with E-state index in [-0.39, 0.29) is 21.5 Å². The summed E-state index contributed by atoms with van der Waals surface area (Å²) in [5, 5.41) is 8.41. The van der Waals surface area contributed by atoms with Gasteiger partial charge < -0.3 is 10.2 Å². The number of aryl methyl sites for hydroxylation is 1. The number of para-hydroxylation sites is 2. The van der Waals surface area contributed by atoms with Crippen LogP contribution >= 0.6 is 11.6 Å². The Morgan fingerprint density at radius 1 is 0.864 bits per heavy atom. The van der Waals surface area contributed by atoms with Gasteiger partial charge in [-0.05, 0) is 84.6 Å². The number of anilines is 2. The number of rotatable bonds is 5. The van der Waals surface area contributed by atoms with Crippen molar-refractivity contribution in [3.63, 3.8) is 0 Å². The molecule has 0 unspecified atom stereocenters. The van der Waals surface area contributed by atoms with E-state index >= 15 is 0 Å². The molecule has 0 radical (unpaired) electrons. The van der Waals surface area contributed by atoms with Crippen molar-refractivity contribution < 1.29 is 13.2 Å². The number of hydrogen-bond donors (Lipinski definition) is 1. The molecule has 1 aromatic heterocycles. The van der Waals surface area contributed by atoms with Crippen LogP contribution in [0.3, 0.4) is 0 Å². The summed E-state index contributed by atoms with van der Waals surface area (Å²) >= 11 is 6.25. The maximum atomic E-state index is 13.4. The molecular formula is C34H28ClN5O3S. The quantitative estimate of drug-likeness (QED) is 0.221. The second-order valence-corrected chi connectivity index (χ2v) is 13.6. The summed E-state index contributed by atoms with van der Waals surface area (Å²) in [6, 6.07) is 28.3. The monoisotopic (exact) mass is 621 g/mol. The number of hydrogen-bond acceptors (Lipinski definition) is 6. The number of nitrogens with one attached hydrogen (secondary N) is 1. The number of amidine groups is 1. The lowest BCUT2D eigenvalue weighted by Crippen LogP contribution is -2.48. The van der Waals surface area contributed by atoms with Crippen LogP contribution in [-0.2, 0) is 14.6 Å². The topological polar surface area (TPSA) is 96.7 Å². The van der Waals surface area contributed by atoms with E-state index in [0.29, 0.717) is 28.1 Å². The Morgan fingerprint density at radius 2 is 1.50 bits per heavy atom. The molecule has 1 atom stereocenters. The zero-order valence-corrected chi connectivity index (χ0v) is 25.8. The van der Waals surface area contributed by atoms with E-state index in [1.165, 1.54) is 0 Å². The summed E-state index contributed by atoms with van der Waals surface area (Å²) in [5.74, 6) is 0.715. The highest BCUT2D eigenvalue weighted by atomic mass is 35.5. The molecular weight excluding hydrogens is 594 g/mol. The maximum absolute atomic E-state index is 13.4. The maximum Gasteiger partial charge on any atom is 0.291 e. The molecule has 1 N–H and O–H groups in total. The van der Waals surface area contributed by atoms with Gasteiger partial charge in [-0.25, -0.2) is 18.1 Å². The highest BCUT2D eigenvalue weighted by molar-refractivity contribution is 7.91. The van der Waals surface area contributed by atoms with Crippen molar-refractivity contribution in [3.05, 3.63) is 124 Å². The summed E-state index contributed by atoms with van der Waals surface area (Å²) in [6.45, 7) is 6.05.